The van der Waals surface area contributed by atoms with Gasteiger partial charge in [-0.05, 0) is 18.2 Å². The van der Waals surface area contributed by atoms with Gasteiger partial charge in [0.25, 0.3) is 0 Å². The summed E-state index contributed by atoms with van der Waals surface area (Å²) in [5.41, 5.74) is 5.02. The highest BCUT2D eigenvalue weighted by molar-refractivity contribution is 7.89. The number of methoxy groups -OCH3 is 1. The molecule has 0 saturated heterocycles. The van der Waals surface area contributed by atoms with Crippen LogP contribution in [0.1, 0.15) is 0 Å². The van der Waals surface area contributed by atoms with Crippen molar-refractivity contribution in [1.82, 2.24) is 4.31 Å². The first-order valence-corrected chi connectivity index (χ1v) is 7.33. The average molecular weight is 325 g/mol. The number of halogens is 2. The topological polar surface area (TPSA) is 89.7 Å². The summed E-state index contributed by atoms with van der Waals surface area (Å²) in [6.45, 7) is -0.473. The van der Waals surface area contributed by atoms with Crippen molar-refractivity contribution in [2.75, 3.05) is 26.8 Å². The lowest BCUT2D eigenvalue weighted by molar-refractivity contribution is -0.118. The maximum Gasteiger partial charge on any atom is 0.243 e. The lowest BCUT2D eigenvalue weighted by Gasteiger charge is -2.20. The molecule has 0 aliphatic rings. The Morgan fingerprint density at radius 2 is 2.15 bits per heavy atom. The largest absolute Gasteiger partial charge is 0.383 e. The van der Waals surface area contributed by atoms with Crippen LogP contribution in [0, 0.1) is 5.82 Å². The number of benzene rings is 1. The molecule has 0 spiro atoms. The number of carbonyl (C=O) groups excluding carboxylic acids is 1. The van der Waals surface area contributed by atoms with Gasteiger partial charge in [0, 0.05) is 13.7 Å². The third-order valence-corrected chi connectivity index (χ3v) is 4.54. The van der Waals surface area contributed by atoms with Crippen molar-refractivity contribution in [2.24, 2.45) is 5.73 Å². The molecule has 1 aromatic carbocycles. The summed E-state index contributed by atoms with van der Waals surface area (Å²) < 4.78 is 43.3. The molecule has 0 heterocycles. The molecular weight excluding hydrogens is 311 g/mol. The first-order valence-electron chi connectivity index (χ1n) is 5.51. The van der Waals surface area contributed by atoms with Crippen LogP contribution in [0.15, 0.2) is 23.1 Å². The molecule has 0 unspecified atom stereocenters. The van der Waals surface area contributed by atoms with E-state index >= 15 is 0 Å². The number of primary amides is 1. The maximum atomic E-state index is 13.1. The molecule has 0 fully saturated rings. The van der Waals surface area contributed by atoms with Crippen LogP contribution < -0.4 is 5.73 Å². The Bertz CT molecular complexity index is 594. The predicted molar refractivity (Wildman–Crippen MR) is 71.2 cm³/mol. The molecule has 0 atom stereocenters. The Morgan fingerprint density at radius 3 is 2.65 bits per heavy atom. The fourth-order valence-corrected chi connectivity index (χ4v) is 3.10. The second kappa shape index (κ2) is 6.98. The molecule has 0 bridgehead atoms. The van der Waals surface area contributed by atoms with Crippen molar-refractivity contribution in [3.8, 4) is 0 Å². The molecule has 1 aromatic rings. The molecule has 0 aliphatic carbocycles. The zero-order valence-corrected chi connectivity index (χ0v) is 12.2. The van der Waals surface area contributed by atoms with Crippen molar-refractivity contribution in [1.29, 1.82) is 0 Å². The van der Waals surface area contributed by atoms with Gasteiger partial charge in [-0.15, -0.1) is 0 Å². The fraction of sp³-hybridized carbons (Fsp3) is 0.364. The van der Waals surface area contributed by atoms with E-state index in [2.05, 4.69) is 0 Å². The van der Waals surface area contributed by atoms with Gasteiger partial charge >= 0.3 is 0 Å². The number of carbonyl (C=O) groups is 1. The second-order valence-electron chi connectivity index (χ2n) is 3.87. The van der Waals surface area contributed by atoms with Crippen molar-refractivity contribution in [2.45, 2.75) is 4.90 Å². The monoisotopic (exact) mass is 324 g/mol. The number of hydrogen-bond acceptors (Lipinski definition) is 4. The molecule has 0 saturated carbocycles. The zero-order chi connectivity index (χ0) is 15.3. The number of rotatable bonds is 7. The number of sulfonamides is 1. The van der Waals surface area contributed by atoms with Crippen LogP contribution in [-0.2, 0) is 19.6 Å². The SMILES string of the molecule is COCCN(CC(N)=O)S(=O)(=O)c1ccc(F)c(Cl)c1. The first kappa shape index (κ1) is 16.8. The van der Waals surface area contributed by atoms with E-state index in [1.807, 2.05) is 0 Å². The summed E-state index contributed by atoms with van der Waals surface area (Å²) in [6, 6.07) is 2.98. The molecule has 1 amide bonds. The number of amides is 1. The zero-order valence-electron chi connectivity index (χ0n) is 10.7. The van der Waals surface area contributed by atoms with Crippen molar-refractivity contribution < 1.29 is 22.3 Å². The van der Waals surface area contributed by atoms with E-state index < -0.39 is 28.3 Å². The Hall–Kier alpha value is -1.22. The van der Waals surface area contributed by atoms with Crippen LogP contribution >= 0.6 is 11.6 Å². The molecule has 9 heteroatoms. The van der Waals surface area contributed by atoms with E-state index in [1.54, 1.807) is 0 Å². The van der Waals surface area contributed by atoms with Gasteiger partial charge < -0.3 is 10.5 Å². The summed E-state index contributed by atoms with van der Waals surface area (Å²) in [5.74, 6) is -1.54. The number of nitrogens with two attached hydrogens (primary N) is 1. The highest BCUT2D eigenvalue weighted by Crippen LogP contribution is 2.22. The van der Waals surface area contributed by atoms with Gasteiger partial charge in [-0.1, -0.05) is 11.6 Å². The van der Waals surface area contributed by atoms with Gasteiger partial charge in [-0.2, -0.15) is 4.31 Å². The Labute approximate surface area is 121 Å². The molecule has 112 valence electrons. The molecule has 0 aromatic heterocycles. The van der Waals surface area contributed by atoms with E-state index in [0.717, 1.165) is 22.5 Å². The summed E-state index contributed by atoms with van der Waals surface area (Å²) in [7, 11) is -2.61. The highest BCUT2D eigenvalue weighted by Gasteiger charge is 2.26. The molecule has 0 aliphatic heterocycles. The Balaban J connectivity index is 3.13. The number of nitrogens with zero attached hydrogens (tertiary/aromatic N) is 1. The van der Waals surface area contributed by atoms with Gasteiger partial charge in [0.1, 0.15) is 5.82 Å². The van der Waals surface area contributed by atoms with Gasteiger partial charge in [0.2, 0.25) is 15.9 Å². The Kier molecular flexibility index (Phi) is 5.88. The standard InChI is InChI=1S/C11H14ClFN2O4S/c1-19-5-4-15(7-11(14)16)20(17,18)8-2-3-10(13)9(12)6-8/h2-3,6H,4-5,7H2,1H3,(H2,14,16). The molecular formula is C11H14ClFN2O4S. The quantitative estimate of drug-likeness (QED) is 0.795. The molecule has 0 radical (unpaired) electrons. The minimum absolute atomic E-state index is 0.0588. The van der Waals surface area contributed by atoms with Crippen molar-refractivity contribution in [3.63, 3.8) is 0 Å². The smallest absolute Gasteiger partial charge is 0.243 e. The van der Waals surface area contributed by atoms with Gasteiger partial charge in [-0.25, -0.2) is 12.8 Å². The lowest BCUT2D eigenvalue weighted by Crippen LogP contribution is -2.40. The summed E-state index contributed by atoms with van der Waals surface area (Å²) in [5, 5.41) is -0.322. The average Bonchev–Trinajstić information content (AvgIpc) is 2.37. The van der Waals surface area contributed by atoms with E-state index in [4.69, 9.17) is 22.1 Å². The summed E-state index contributed by atoms with van der Waals surface area (Å²) in [6.07, 6.45) is 0. The molecule has 6 nitrogen and oxygen atoms in total. The summed E-state index contributed by atoms with van der Waals surface area (Å²) in [4.78, 5) is 10.7. The van der Waals surface area contributed by atoms with Crippen LogP contribution in [0.4, 0.5) is 4.39 Å². The third kappa shape index (κ3) is 4.14. The molecule has 1 rings (SSSR count). The van der Waals surface area contributed by atoms with E-state index in [-0.39, 0.29) is 23.1 Å². The molecule has 2 N–H and O–H groups in total. The van der Waals surface area contributed by atoms with Crippen molar-refractivity contribution in [3.05, 3.63) is 29.0 Å². The van der Waals surface area contributed by atoms with E-state index in [0.29, 0.717) is 0 Å². The minimum Gasteiger partial charge on any atom is -0.383 e. The third-order valence-electron chi connectivity index (χ3n) is 2.41. The van der Waals surface area contributed by atoms with E-state index in [9.17, 15) is 17.6 Å². The maximum absolute atomic E-state index is 13.1. The lowest BCUT2D eigenvalue weighted by atomic mass is 10.3. The second-order valence-corrected chi connectivity index (χ2v) is 6.22. The van der Waals surface area contributed by atoms with Crippen molar-refractivity contribution >= 4 is 27.5 Å². The van der Waals surface area contributed by atoms with Crippen LogP contribution in [0.5, 0.6) is 0 Å². The van der Waals surface area contributed by atoms with Gasteiger partial charge in [0.15, 0.2) is 0 Å². The number of hydrogen-bond donors (Lipinski definition) is 1. The predicted octanol–water partition coefficient (Wildman–Crippen LogP) is 0.602. The van der Waals surface area contributed by atoms with Crippen LogP contribution in [0.25, 0.3) is 0 Å². The Morgan fingerprint density at radius 1 is 1.50 bits per heavy atom. The minimum atomic E-state index is -4.01. The first-order chi connectivity index (χ1) is 9.28. The fourth-order valence-electron chi connectivity index (χ4n) is 1.44. The van der Waals surface area contributed by atoms with Crippen LogP contribution in [-0.4, -0.2) is 45.4 Å². The summed E-state index contributed by atoms with van der Waals surface area (Å²) >= 11 is 5.56. The van der Waals surface area contributed by atoms with Crippen LogP contribution in [0.3, 0.4) is 0 Å². The van der Waals surface area contributed by atoms with Gasteiger partial charge in [0.05, 0.1) is 23.1 Å². The molecule has 20 heavy (non-hydrogen) atoms. The number of ether oxygens (including phenoxy) is 1. The van der Waals surface area contributed by atoms with Gasteiger partial charge in [-0.3, -0.25) is 4.79 Å². The van der Waals surface area contributed by atoms with E-state index in [1.165, 1.54) is 7.11 Å². The highest BCUT2D eigenvalue weighted by atomic mass is 35.5. The normalized spacial score (nSPS) is 11.8. The van der Waals surface area contributed by atoms with Crippen LogP contribution in [0.2, 0.25) is 5.02 Å².